The summed E-state index contributed by atoms with van der Waals surface area (Å²) < 4.78 is 10.6. The highest BCUT2D eigenvalue weighted by molar-refractivity contribution is 6.21. The molecule has 32 heavy (non-hydrogen) atoms. The van der Waals surface area contributed by atoms with Gasteiger partial charge < -0.3 is 14.8 Å². The van der Waals surface area contributed by atoms with Gasteiger partial charge in [-0.3, -0.25) is 14.5 Å². The number of nitrogens with one attached hydrogen (secondary N) is 1. The van der Waals surface area contributed by atoms with E-state index in [1.165, 1.54) is 0 Å². The maximum absolute atomic E-state index is 13.2. The molecule has 0 spiro atoms. The summed E-state index contributed by atoms with van der Waals surface area (Å²) in [4.78, 5) is 51.7. The second kappa shape index (κ2) is 7.78. The fourth-order valence-electron chi connectivity index (χ4n) is 4.02. The van der Waals surface area contributed by atoms with Gasteiger partial charge in [-0.1, -0.05) is 18.2 Å². The highest BCUT2D eigenvalue weighted by atomic mass is 16.6. The number of cyclic esters (lactones) is 1. The van der Waals surface area contributed by atoms with Crippen LogP contribution in [-0.2, 0) is 16.1 Å². The van der Waals surface area contributed by atoms with Gasteiger partial charge in [-0.15, -0.1) is 0 Å². The number of hydrogen-bond acceptors (Lipinski definition) is 6. The fraction of sp³-hybridized carbons (Fsp3) is 0.333. The molecule has 2 aliphatic heterocycles. The molecule has 3 amide bonds. The molecule has 0 radical (unpaired) electrons. The van der Waals surface area contributed by atoms with Crippen LogP contribution in [0.5, 0.6) is 0 Å². The molecule has 1 N–H and O–H groups in total. The maximum atomic E-state index is 13.2. The van der Waals surface area contributed by atoms with Crippen molar-refractivity contribution in [3.63, 3.8) is 0 Å². The number of ether oxygens (including phenoxy) is 2. The van der Waals surface area contributed by atoms with Gasteiger partial charge in [-0.2, -0.15) is 0 Å². The normalized spacial score (nSPS) is 15.9. The van der Waals surface area contributed by atoms with Crippen molar-refractivity contribution in [3.05, 3.63) is 69.8 Å². The summed E-state index contributed by atoms with van der Waals surface area (Å²) in [7, 11) is 0. The molecule has 2 heterocycles. The largest absolute Gasteiger partial charge is 0.457 e. The van der Waals surface area contributed by atoms with Gasteiger partial charge in [0.15, 0.2) is 0 Å². The highest BCUT2D eigenvalue weighted by Gasteiger charge is 2.42. The minimum Gasteiger partial charge on any atom is -0.457 e. The molecule has 0 aliphatic carbocycles. The van der Waals surface area contributed by atoms with Gasteiger partial charge in [0.05, 0.1) is 22.7 Å². The van der Waals surface area contributed by atoms with Crippen LogP contribution in [0.25, 0.3) is 0 Å². The Labute approximate surface area is 185 Å². The number of carbonyl (C=O) groups is 4. The van der Waals surface area contributed by atoms with Crippen LogP contribution in [0, 0.1) is 6.92 Å². The first-order valence-corrected chi connectivity index (χ1v) is 10.3. The highest BCUT2D eigenvalue weighted by Crippen LogP contribution is 2.36. The Balaban J connectivity index is 1.72. The smallest absolute Gasteiger partial charge is 0.407 e. The van der Waals surface area contributed by atoms with Gasteiger partial charge >= 0.3 is 12.1 Å². The first-order valence-electron chi connectivity index (χ1n) is 10.3. The first kappa shape index (κ1) is 21.5. The molecule has 2 aromatic carbocycles. The second-order valence-electron chi connectivity index (χ2n) is 8.90. The standard InChI is InChI=1S/C24H24N2O6/c1-13-14(9-10-17-18(13)11-31-22(17)29)19(12-32-23(30)25-24(2,3)4)26-20(27)15-7-5-6-8-16(15)21(26)28/h5-10,19H,11-12H2,1-4H3,(H,25,30)/t19-/m0/s1. The average Bonchev–Trinajstić information content (AvgIpc) is 3.22. The van der Waals surface area contributed by atoms with Gasteiger partial charge in [-0.25, -0.2) is 9.59 Å². The number of alkyl carbamates (subject to hydrolysis) is 1. The Morgan fingerprint density at radius 2 is 1.69 bits per heavy atom. The van der Waals surface area contributed by atoms with Crippen LogP contribution in [0.15, 0.2) is 36.4 Å². The lowest BCUT2D eigenvalue weighted by molar-refractivity contribution is 0.0471. The molecule has 0 saturated carbocycles. The summed E-state index contributed by atoms with van der Waals surface area (Å²) in [6, 6.07) is 9.02. The van der Waals surface area contributed by atoms with Crippen LogP contribution in [0.2, 0.25) is 0 Å². The van der Waals surface area contributed by atoms with Gasteiger partial charge in [0.1, 0.15) is 13.2 Å². The lowest BCUT2D eigenvalue weighted by Gasteiger charge is -2.29. The molecular weight excluding hydrogens is 412 g/mol. The van der Waals surface area contributed by atoms with Gasteiger partial charge in [0.25, 0.3) is 11.8 Å². The molecule has 4 rings (SSSR count). The van der Waals surface area contributed by atoms with E-state index in [0.29, 0.717) is 27.8 Å². The monoisotopic (exact) mass is 436 g/mol. The van der Waals surface area contributed by atoms with E-state index in [1.54, 1.807) is 43.3 Å². The number of esters is 1. The Morgan fingerprint density at radius 3 is 2.28 bits per heavy atom. The van der Waals surface area contributed by atoms with E-state index < -0.39 is 35.5 Å². The van der Waals surface area contributed by atoms with Gasteiger partial charge in [-0.05, 0) is 57.0 Å². The summed E-state index contributed by atoms with van der Waals surface area (Å²) in [5, 5.41) is 2.70. The quantitative estimate of drug-likeness (QED) is 0.581. The molecule has 0 fully saturated rings. The van der Waals surface area contributed by atoms with E-state index >= 15 is 0 Å². The van der Waals surface area contributed by atoms with E-state index in [-0.39, 0.29) is 13.2 Å². The molecule has 0 unspecified atom stereocenters. The Bertz CT molecular complexity index is 1110. The van der Waals surface area contributed by atoms with Crippen molar-refractivity contribution >= 4 is 23.9 Å². The zero-order chi connectivity index (χ0) is 23.2. The van der Waals surface area contributed by atoms with Crippen LogP contribution in [0.1, 0.15) is 74.6 Å². The Hall–Kier alpha value is -3.68. The number of fused-ring (bicyclic) bond motifs is 2. The van der Waals surface area contributed by atoms with Gasteiger partial charge in [0.2, 0.25) is 0 Å². The molecular formula is C24H24N2O6. The van der Waals surface area contributed by atoms with Crippen LogP contribution in [0.3, 0.4) is 0 Å². The number of carbonyl (C=O) groups excluding carboxylic acids is 4. The summed E-state index contributed by atoms with van der Waals surface area (Å²) >= 11 is 0. The fourth-order valence-corrected chi connectivity index (χ4v) is 4.02. The third kappa shape index (κ3) is 3.72. The van der Waals surface area contributed by atoms with Crippen LogP contribution >= 0.6 is 0 Å². The molecule has 166 valence electrons. The lowest BCUT2D eigenvalue weighted by Crippen LogP contribution is -2.43. The second-order valence-corrected chi connectivity index (χ2v) is 8.90. The molecule has 0 saturated heterocycles. The number of benzene rings is 2. The minimum absolute atomic E-state index is 0.119. The zero-order valence-corrected chi connectivity index (χ0v) is 18.4. The Morgan fingerprint density at radius 1 is 1.06 bits per heavy atom. The van der Waals surface area contributed by atoms with Crippen molar-refractivity contribution in [2.45, 2.75) is 45.9 Å². The summed E-state index contributed by atoms with van der Waals surface area (Å²) in [6.45, 7) is 7.14. The Kier molecular flexibility index (Phi) is 5.24. The number of nitrogens with zero attached hydrogens (tertiary/aromatic N) is 1. The third-order valence-corrected chi connectivity index (χ3v) is 5.55. The first-order chi connectivity index (χ1) is 15.1. The number of rotatable bonds is 4. The SMILES string of the molecule is Cc1c([C@H](COC(=O)NC(C)(C)C)N2C(=O)c3ccccc3C2=O)ccc2c1COC2=O. The number of imide groups is 1. The van der Waals surface area contributed by atoms with E-state index in [4.69, 9.17) is 9.47 Å². The molecule has 2 aromatic rings. The lowest BCUT2D eigenvalue weighted by atomic mass is 9.93. The topological polar surface area (TPSA) is 102 Å². The number of amides is 3. The zero-order valence-electron chi connectivity index (χ0n) is 18.4. The van der Waals surface area contributed by atoms with E-state index in [9.17, 15) is 19.2 Å². The maximum Gasteiger partial charge on any atom is 0.407 e. The van der Waals surface area contributed by atoms with Gasteiger partial charge in [0, 0.05) is 11.1 Å². The van der Waals surface area contributed by atoms with Crippen molar-refractivity contribution in [2.75, 3.05) is 6.61 Å². The minimum atomic E-state index is -0.867. The van der Waals surface area contributed by atoms with Crippen LogP contribution < -0.4 is 5.32 Å². The molecule has 0 aromatic heterocycles. The van der Waals surface area contributed by atoms with Crippen molar-refractivity contribution in [3.8, 4) is 0 Å². The van der Waals surface area contributed by atoms with Crippen molar-refractivity contribution < 1.29 is 28.7 Å². The average molecular weight is 436 g/mol. The van der Waals surface area contributed by atoms with Crippen LogP contribution in [0.4, 0.5) is 4.79 Å². The molecule has 2 aliphatic rings. The predicted molar refractivity (Wildman–Crippen MR) is 114 cm³/mol. The molecule has 8 nitrogen and oxygen atoms in total. The van der Waals surface area contributed by atoms with E-state index in [0.717, 1.165) is 10.5 Å². The third-order valence-electron chi connectivity index (χ3n) is 5.55. The molecule has 8 heteroatoms. The molecule has 1 atom stereocenters. The van der Waals surface area contributed by atoms with Crippen molar-refractivity contribution in [1.29, 1.82) is 0 Å². The van der Waals surface area contributed by atoms with Crippen molar-refractivity contribution in [1.82, 2.24) is 10.2 Å². The summed E-state index contributed by atoms with van der Waals surface area (Å²) in [5.41, 5.74) is 2.59. The summed E-state index contributed by atoms with van der Waals surface area (Å²) in [5.74, 6) is -1.32. The van der Waals surface area contributed by atoms with Crippen LogP contribution in [-0.4, -0.2) is 40.9 Å². The molecule has 0 bridgehead atoms. The van der Waals surface area contributed by atoms with E-state index in [1.807, 2.05) is 20.8 Å². The summed E-state index contributed by atoms with van der Waals surface area (Å²) in [6.07, 6.45) is -0.656. The number of hydrogen-bond donors (Lipinski definition) is 1. The van der Waals surface area contributed by atoms with Crippen molar-refractivity contribution in [2.24, 2.45) is 0 Å². The van der Waals surface area contributed by atoms with E-state index in [2.05, 4.69) is 5.32 Å². The predicted octanol–water partition coefficient (Wildman–Crippen LogP) is 3.53.